The number of thiophene rings is 1. The molecule has 13 aromatic carbocycles. The molecule has 0 amide bonds. The number of hydrogen-bond acceptors (Lipinski definition) is 1. The maximum Gasteiger partial charge on any atom is 0.0547 e. The summed E-state index contributed by atoms with van der Waals surface area (Å²) in [5.41, 5.74) is 18.8. The average Bonchev–Trinajstić information content (AvgIpc) is 4.40. The molecule has 17 rings (SSSR count). The number of nitrogens with zero attached hydrogens (tertiary/aromatic N) is 2. The highest BCUT2D eigenvalue weighted by atomic mass is 32.1. The molecule has 1 aliphatic rings. The Labute approximate surface area is 460 Å². The Bertz CT molecular complexity index is 5130. The second-order valence-corrected chi connectivity index (χ2v) is 22.4. The normalized spacial score (nSPS) is 12.7. The maximum atomic E-state index is 2.51. The Kier molecular flexibility index (Phi) is 9.74. The van der Waals surface area contributed by atoms with Gasteiger partial charge in [0.15, 0.2) is 0 Å². The molecule has 0 saturated heterocycles. The lowest BCUT2D eigenvalue weighted by atomic mass is 9.84. The Morgan fingerprint density at radius 2 is 0.747 bits per heavy atom. The second-order valence-electron chi connectivity index (χ2n) is 21.3. The number of benzene rings is 13. The maximum absolute atomic E-state index is 2.51. The van der Waals surface area contributed by atoms with Crippen molar-refractivity contribution >= 4 is 113 Å². The van der Waals surface area contributed by atoms with Gasteiger partial charge >= 0.3 is 0 Å². The van der Waals surface area contributed by atoms with Crippen molar-refractivity contribution in [3.8, 4) is 55.9 Å². The number of fused-ring (bicyclic) bond motifs is 13. The molecule has 2 nitrogen and oxygen atoms in total. The van der Waals surface area contributed by atoms with Gasteiger partial charge in [-0.2, -0.15) is 0 Å². The van der Waals surface area contributed by atoms with E-state index in [0.29, 0.717) is 0 Å². The van der Waals surface area contributed by atoms with Gasteiger partial charge in [-0.15, -0.1) is 11.3 Å². The van der Waals surface area contributed by atoms with Crippen molar-refractivity contribution in [1.82, 2.24) is 9.13 Å². The van der Waals surface area contributed by atoms with Gasteiger partial charge in [-0.3, -0.25) is 0 Å². The van der Waals surface area contributed by atoms with Gasteiger partial charge < -0.3 is 9.13 Å². The summed E-state index contributed by atoms with van der Waals surface area (Å²) in [5.74, 6) is 0. The molecule has 3 heteroatoms. The van der Waals surface area contributed by atoms with Crippen molar-refractivity contribution in [1.29, 1.82) is 0 Å². The van der Waals surface area contributed by atoms with E-state index in [1.807, 2.05) is 11.3 Å². The molecule has 1 aliphatic carbocycles. The van der Waals surface area contributed by atoms with Gasteiger partial charge in [0.2, 0.25) is 0 Å². The number of rotatable bonds is 6. The molecule has 368 valence electrons. The van der Waals surface area contributed by atoms with Crippen molar-refractivity contribution in [3.05, 3.63) is 272 Å². The molecule has 0 spiro atoms. The lowest BCUT2D eigenvalue weighted by molar-refractivity contribution is 0.888. The predicted octanol–water partition coefficient (Wildman–Crippen LogP) is 21.3. The van der Waals surface area contributed by atoms with Crippen LogP contribution in [0, 0.1) is 0 Å². The fourth-order valence-corrected chi connectivity index (χ4v) is 15.1. The van der Waals surface area contributed by atoms with Crippen LogP contribution < -0.4 is 0 Å². The molecule has 0 N–H and O–H groups in total. The fourth-order valence-electron chi connectivity index (χ4n) is 13.9. The van der Waals surface area contributed by atoms with Crippen LogP contribution in [-0.2, 0) is 6.42 Å². The first-order valence-corrected chi connectivity index (χ1v) is 28.4. The quantitative estimate of drug-likeness (QED) is 0.147. The number of aromatic nitrogens is 2. The van der Waals surface area contributed by atoms with E-state index in [-0.39, 0.29) is 0 Å². The summed E-state index contributed by atoms with van der Waals surface area (Å²) in [5, 5.41) is 16.5. The highest BCUT2D eigenvalue weighted by molar-refractivity contribution is 7.26. The summed E-state index contributed by atoms with van der Waals surface area (Å²) in [4.78, 5) is 0. The third kappa shape index (κ3) is 6.58. The van der Waals surface area contributed by atoms with Crippen LogP contribution in [0.25, 0.3) is 158 Å². The molecule has 0 bridgehead atoms. The van der Waals surface area contributed by atoms with Crippen LogP contribution in [0.5, 0.6) is 0 Å². The van der Waals surface area contributed by atoms with E-state index in [1.165, 1.54) is 157 Å². The van der Waals surface area contributed by atoms with Crippen molar-refractivity contribution < 1.29 is 0 Å². The van der Waals surface area contributed by atoms with Crippen LogP contribution in [0.15, 0.2) is 261 Å². The fraction of sp³-hybridized carbons (Fsp3) is 0.0263. The first kappa shape index (κ1) is 44.3. The minimum Gasteiger partial charge on any atom is -0.313 e. The summed E-state index contributed by atoms with van der Waals surface area (Å²) >= 11 is 1.91. The molecule has 0 radical (unpaired) electrons. The zero-order chi connectivity index (χ0) is 51.7. The molecule has 16 aromatic rings. The highest BCUT2D eigenvalue weighted by Crippen LogP contribution is 2.51. The van der Waals surface area contributed by atoms with Gasteiger partial charge in [0.25, 0.3) is 0 Å². The third-order valence-electron chi connectivity index (χ3n) is 17.1. The molecule has 3 heterocycles. The smallest absolute Gasteiger partial charge is 0.0547 e. The van der Waals surface area contributed by atoms with Gasteiger partial charge in [0.05, 0.1) is 16.6 Å². The van der Waals surface area contributed by atoms with Crippen molar-refractivity contribution in [2.75, 3.05) is 0 Å². The van der Waals surface area contributed by atoms with Crippen molar-refractivity contribution in [3.63, 3.8) is 0 Å². The highest BCUT2D eigenvalue weighted by Gasteiger charge is 2.25. The lowest BCUT2D eigenvalue weighted by Crippen LogP contribution is -2.02. The standard InChI is InChI=1S/C76H48N2S/c1-3-20-50(21-4-1)77-66-35-17-15-24-52(66)54-41-38-47(44-68(54)77)72-56-26-7-9-28-58(56)74(59-29-10-8-27-57(59)72)49-40-43-64-71(46-49)79-70-37-19-34-65(76(64)70)75-62-32-13-11-30-60(62)73(61-31-12-14-33-63(61)75)48-39-42-55-53-25-16-18-36-67(53)78(69(55)45-48)51-22-5-2-6-23-51/h1-17,19-35,37-46H,18,36H2. The van der Waals surface area contributed by atoms with Gasteiger partial charge in [-0.1, -0.05) is 212 Å². The average molecular weight is 1020 g/mol. The SMILES string of the molecule is C1=Cc2c(n(-c3ccccc3)c3cc(-c4c5ccccc5c(-c5cccc6sc7cc(-c8c9ccccc9c(-c9ccc%10c%11ccccc%11n(-c%11ccccc%11)c%10c9)c9ccccc89)ccc7c56)c5ccccc45)ccc23)CC1. The first-order valence-electron chi connectivity index (χ1n) is 27.5. The van der Waals surface area contributed by atoms with E-state index in [2.05, 4.69) is 276 Å². The zero-order valence-electron chi connectivity index (χ0n) is 43.1. The summed E-state index contributed by atoms with van der Waals surface area (Å²) in [6.07, 6.45) is 6.75. The summed E-state index contributed by atoms with van der Waals surface area (Å²) < 4.78 is 7.52. The van der Waals surface area contributed by atoms with Crippen molar-refractivity contribution in [2.45, 2.75) is 12.8 Å². The Morgan fingerprint density at radius 3 is 1.32 bits per heavy atom. The van der Waals surface area contributed by atoms with Crippen molar-refractivity contribution in [2.24, 2.45) is 0 Å². The Balaban J connectivity index is 0.845. The van der Waals surface area contributed by atoms with E-state index in [0.717, 1.165) is 18.5 Å². The lowest BCUT2D eigenvalue weighted by Gasteiger charge is -2.19. The van der Waals surface area contributed by atoms with Crippen LogP contribution in [0.4, 0.5) is 0 Å². The van der Waals surface area contributed by atoms with E-state index < -0.39 is 0 Å². The summed E-state index contributed by atoms with van der Waals surface area (Å²) in [6, 6.07) is 95.4. The van der Waals surface area contributed by atoms with Crippen LogP contribution >= 0.6 is 11.3 Å². The molecular formula is C76H48N2S. The molecule has 0 aliphatic heterocycles. The third-order valence-corrected chi connectivity index (χ3v) is 18.3. The monoisotopic (exact) mass is 1020 g/mol. The van der Waals surface area contributed by atoms with Crippen LogP contribution in [0.2, 0.25) is 0 Å². The molecule has 0 fully saturated rings. The van der Waals surface area contributed by atoms with E-state index >= 15 is 0 Å². The number of hydrogen-bond donors (Lipinski definition) is 0. The molecule has 0 unspecified atom stereocenters. The Morgan fingerprint density at radius 1 is 0.304 bits per heavy atom. The van der Waals surface area contributed by atoms with Crippen LogP contribution in [0.3, 0.4) is 0 Å². The minimum atomic E-state index is 1.03. The van der Waals surface area contributed by atoms with Gasteiger partial charge in [-0.25, -0.2) is 0 Å². The first-order chi connectivity index (χ1) is 39.2. The van der Waals surface area contributed by atoms with Crippen LogP contribution in [0.1, 0.15) is 17.7 Å². The van der Waals surface area contributed by atoms with E-state index in [1.54, 1.807) is 0 Å². The van der Waals surface area contributed by atoms with Gasteiger partial charge in [0, 0.05) is 59.0 Å². The largest absolute Gasteiger partial charge is 0.313 e. The molecule has 0 saturated carbocycles. The van der Waals surface area contributed by atoms with Gasteiger partial charge in [0.1, 0.15) is 0 Å². The number of allylic oxidation sites excluding steroid dienone is 1. The Hall–Kier alpha value is -9.80. The van der Waals surface area contributed by atoms with Gasteiger partial charge in [-0.05, 0) is 155 Å². The van der Waals surface area contributed by atoms with E-state index in [9.17, 15) is 0 Å². The molecule has 79 heavy (non-hydrogen) atoms. The molecule has 3 aromatic heterocycles. The zero-order valence-corrected chi connectivity index (χ0v) is 43.9. The number of para-hydroxylation sites is 3. The molecule has 0 atom stereocenters. The predicted molar refractivity (Wildman–Crippen MR) is 340 cm³/mol. The summed E-state index contributed by atoms with van der Waals surface area (Å²) in [7, 11) is 0. The molecular weight excluding hydrogens is 973 g/mol. The minimum absolute atomic E-state index is 1.03. The van der Waals surface area contributed by atoms with Crippen LogP contribution in [-0.4, -0.2) is 9.13 Å². The van der Waals surface area contributed by atoms with E-state index in [4.69, 9.17) is 0 Å². The summed E-state index contributed by atoms with van der Waals surface area (Å²) in [6.45, 7) is 0. The topological polar surface area (TPSA) is 9.86 Å². The second kappa shape index (κ2) is 17.4.